The van der Waals surface area contributed by atoms with E-state index in [1.54, 1.807) is 25.1 Å². The summed E-state index contributed by atoms with van der Waals surface area (Å²) in [6, 6.07) is 10.1. The molecule has 0 saturated carbocycles. The van der Waals surface area contributed by atoms with E-state index in [0.29, 0.717) is 28.7 Å². The minimum atomic E-state index is -3.66. The van der Waals surface area contributed by atoms with Gasteiger partial charge >= 0.3 is 5.97 Å². The third-order valence-electron chi connectivity index (χ3n) is 4.91. The maximum absolute atomic E-state index is 12.7. The molecule has 1 amide bonds. The van der Waals surface area contributed by atoms with Crippen molar-refractivity contribution in [3.05, 3.63) is 63.6 Å². The lowest BCUT2D eigenvalue weighted by atomic mass is 10.1. The van der Waals surface area contributed by atoms with Crippen LogP contribution in [0.4, 0.5) is 0 Å². The Bertz CT molecular complexity index is 1080. The number of hydrogen-bond acceptors (Lipinski definition) is 5. The van der Waals surface area contributed by atoms with Gasteiger partial charge in [0.05, 0.1) is 16.5 Å². The summed E-state index contributed by atoms with van der Waals surface area (Å²) in [5.74, 6) is -1.31. The van der Waals surface area contributed by atoms with E-state index in [2.05, 4.69) is 5.32 Å². The van der Waals surface area contributed by atoms with E-state index in [0.717, 1.165) is 12.8 Å². The van der Waals surface area contributed by atoms with E-state index >= 15 is 0 Å². The topological polar surface area (TPSA) is 92.8 Å². The highest BCUT2D eigenvalue weighted by molar-refractivity contribution is 7.89. The summed E-state index contributed by atoms with van der Waals surface area (Å²) in [5, 5.41) is 3.58. The number of carbonyl (C=O) groups excluding carboxylic acids is 2. The zero-order valence-corrected chi connectivity index (χ0v) is 19.1. The zero-order valence-electron chi connectivity index (χ0n) is 16.8. The number of amides is 1. The number of halogens is 2. The van der Waals surface area contributed by atoms with E-state index in [1.165, 1.54) is 28.6 Å². The van der Waals surface area contributed by atoms with Gasteiger partial charge < -0.3 is 10.1 Å². The molecule has 2 aromatic carbocycles. The van der Waals surface area contributed by atoms with Crippen molar-refractivity contribution in [2.45, 2.75) is 30.7 Å². The maximum atomic E-state index is 12.7. The number of hydrogen-bond donors (Lipinski definition) is 1. The largest absolute Gasteiger partial charge is 0.452 e. The van der Waals surface area contributed by atoms with E-state index in [-0.39, 0.29) is 10.5 Å². The first-order valence-electron chi connectivity index (χ1n) is 9.70. The van der Waals surface area contributed by atoms with Gasteiger partial charge in [0.25, 0.3) is 5.91 Å². The summed E-state index contributed by atoms with van der Waals surface area (Å²) in [4.78, 5) is 24.6. The fourth-order valence-electron chi connectivity index (χ4n) is 3.29. The normalized spacial score (nSPS) is 15.5. The molecule has 0 aromatic heterocycles. The van der Waals surface area contributed by atoms with E-state index in [1.807, 2.05) is 0 Å². The number of carbonyl (C=O) groups is 2. The van der Waals surface area contributed by atoms with Crippen LogP contribution in [0.1, 0.15) is 41.7 Å². The van der Waals surface area contributed by atoms with Crippen molar-refractivity contribution >= 4 is 45.1 Å². The van der Waals surface area contributed by atoms with Crippen LogP contribution < -0.4 is 5.32 Å². The molecule has 31 heavy (non-hydrogen) atoms. The van der Waals surface area contributed by atoms with Crippen LogP contribution in [0.25, 0.3) is 0 Å². The maximum Gasteiger partial charge on any atom is 0.338 e. The first kappa shape index (κ1) is 23.5. The van der Waals surface area contributed by atoms with Crippen molar-refractivity contribution in [3.8, 4) is 0 Å². The molecule has 0 spiro atoms. The van der Waals surface area contributed by atoms with Gasteiger partial charge in [-0.15, -0.1) is 0 Å². The summed E-state index contributed by atoms with van der Waals surface area (Å²) in [6.45, 7) is 2.15. The molecule has 1 atom stereocenters. The standard InChI is InChI=1S/C21H22Cl2N2O5S/c1-14(18-8-7-16(22)12-19(18)23)24-20(26)13-30-21(27)15-5-4-6-17(11-15)31(28,29)25-9-2-3-10-25/h4-8,11-12,14H,2-3,9-10,13H2,1H3,(H,24,26)/t14-/m1/s1. The van der Waals surface area contributed by atoms with Crippen LogP contribution in [0.5, 0.6) is 0 Å². The molecule has 0 unspecified atom stereocenters. The highest BCUT2D eigenvalue weighted by Gasteiger charge is 2.27. The third kappa shape index (κ3) is 5.77. The second-order valence-electron chi connectivity index (χ2n) is 7.17. The van der Waals surface area contributed by atoms with Gasteiger partial charge in [-0.2, -0.15) is 4.31 Å². The first-order chi connectivity index (χ1) is 14.7. The van der Waals surface area contributed by atoms with Crippen LogP contribution in [0.15, 0.2) is 47.4 Å². The van der Waals surface area contributed by atoms with Crippen molar-refractivity contribution in [1.82, 2.24) is 9.62 Å². The smallest absolute Gasteiger partial charge is 0.338 e. The molecule has 166 valence electrons. The molecule has 0 aliphatic carbocycles. The van der Waals surface area contributed by atoms with Gasteiger partial charge in [-0.25, -0.2) is 13.2 Å². The Labute approximate surface area is 191 Å². The Morgan fingerprint density at radius 1 is 1.13 bits per heavy atom. The summed E-state index contributed by atoms with van der Waals surface area (Å²) in [5.41, 5.74) is 0.729. The summed E-state index contributed by atoms with van der Waals surface area (Å²) in [6.07, 6.45) is 1.63. The minimum absolute atomic E-state index is 0.0271. The molecule has 7 nitrogen and oxygen atoms in total. The highest BCUT2D eigenvalue weighted by Crippen LogP contribution is 2.26. The van der Waals surface area contributed by atoms with E-state index in [4.69, 9.17) is 27.9 Å². The average molecular weight is 485 g/mol. The molecular formula is C21H22Cl2N2O5S. The molecule has 1 saturated heterocycles. The molecule has 1 aliphatic heterocycles. The Hall–Kier alpha value is -2.13. The van der Waals surface area contributed by atoms with Crippen molar-refractivity contribution in [2.24, 2.45) is 0 Å². The number of benzene rings is 2. The van der Waals surface area contributed by atoms with Crippen molar-refractivity contribution in [3.63, 3.8) is 0 Å². The van der Waals surface area contributed by atoms with E-state index < -0.39 is 34.5 Å². The molecule has 3 rings (SSSR count). The molecule has 10 heteroatoms. The van der Waals surface area contributed by atoms with Crippen molar-refractivity contribution in [1.29, 1.82) is 0 Å². The minimum Gasteiger partial charge on any atom is -0.452 e. The lowest BCUT2D eigenvalue weighted by Crippen LogP contribution is -2.31. The average Bonchev–Trinajstić information content (AvgIpc) is 3.28. The lowest BCUT2D eigenvalue weighted by Gasteiger charge is -2.16. The molecular weight excluding hydrogens is 463 g/mol. The van der Waals surface area contributed by atoms with Crippen LogP contribution in [0.3, 0.4) is 0 Å². The van der Waals surface area contributed by atoms with Crippen LogP contribution in [-0.4, -0.2) is 44.3 Å². The molecule has 0 radical (unpaired) electrons. The van der Waals surface area contributed by atoms with Crippen LogP contribution >= 0.6 is 23.2 Å². The Morgan fingerprint density at radius 3 is 2.52 bits per heavy atom. The predicted molar refractivity (Wildman–Crippen MR) is 118 cm³/mol. The number of sulfonamides is 1. The number of esters is 1. The summed E-state index contributed by atoms with van der Waals surface area (Å²) >= 11 is 12.0. The van der Waals surface area contributed by atoms with Gasteiger partial charge in [0.2, 0.25) is 10.0 Å². The molecule has 0 bridgehead atoms. The fraction of sp³-hybridized carbons (Fsp3) is 0.333. The molecule has 1 aliphatic rings. The monoisotopic (exact) mass is 484 g/mol. The summed E-state index contributed by atoms with van der Waals surface area (Å²) < 4.78 is 31.8. The van der Waals surface area contributed by atoms with Crippen LogP contribution in [0.2, 0.25) is 10.0 Å². The lowest BCUT2D eigenvalue weighted by molar-refractivity contribution is -0.124. The van der Waals surface area contributed by atoms with Crippen molar-refractivity contribution in [2.75, 3.05) is 19.7 Å². The van der Waals surface area contributed by atoms with Crippen LogP contribution in [0, 0.1) is 0 Å². The van der Waals surface area contributed by atoms with Crippen LogP contribution in [-0.2, 0) is 19.6 Å². The number of nitrogens with zero attached hydrogens (tertiary/aromatic N) is 1. The van der Waals surface area contributed by atoms with Crippen molar-refractivity contribution < 1.29 is 22.7 Å². The molecule has 1 N–H and O–H groups in total. The first-order valence-corrected chi connectivity index (χ1v) is 11.9. The van der Waals surface area contributed by atoms with Gasteiger partial charge in [0.1, 0.15) is 0 Å². The number of nitrogens with one attached hydrogen (secondary N) is 1. The predicted octanol–water partition coefficient (Wildman–Crippen LogP) is 3.81. The zero-order chi connectivity index (χ0) is 22.6. The molecule has 1 fully saturated rings. The van der Waals surface area contributed by atoms with E-state index in [9.17, 15) is 18.0 Å². The van der Waals surface area contributed by atoms with Gasteiger partial charge in [0.15, 0.2) is 6.61 Å². The SMILES string of the molecule is C[C@@H](NC(=O)COC(=O)c1cccc(S(=O)(=O)N2CCCC2)c1)c1ccc(Cl)cc1Cl. The Kier molecular flexibility index (Phi) is 7.59. The van der Waals surface area contributed by atoms with Gasteiger partial charge in [-0.05, 0) is 55.7 Å². The van der Waals surface area contributed by atoms with Gasteiger partial charge in [0, 0.05) is 23.1 Å². The second-order valence-corrected chi connectivity index (χ2v) is 9.95. The summed E-state index contributed by atoms with van der Waals surface area (Å²) in [7, 11) is -3.66. The quantitative estimate of drug-likeness (QED) is 0.603. The third-order valence-corrected chi connectivity index (χ3v) is 7.37. The molecule has 2 aromatic rings. The Morgan fingerprint density at radius 2 is 1.84 bits per heavy atom. The molecule has 1 heterocycles. The fourth-order valence-corrected chi connectivity index (χ4v) is 5.42. The number of rotatable bonds is 7. The van der Waals surface area contributed by atoms with Gasteiger partial charge in [-0.3, -0.25) is 4.79 Å². The van der Waals surface area contributed by atoms with Gasteiger partial charge in [-0.1, -0.05) is 35.3 Å². The Balaban J connectivity index is 1.60. The number of ether oxygens (including phenoxy) is 1. The highest BCUT2D eigenvalue weighted by atomic mass is 35.5. The second kappa shape index (κ2) is 9.99.